The van der Waals surface area contributed by atoms with Crippen LogP contribution in [-0.4, -0.2) is 10.1 Å². The number of nitrogens with zero attached hydrogens (tertiary/aromatic N) is 2. The Labute approximate surface area is 91.4 Å². The number of aromatic hydroxyl groups is 1. The molecule has 1 N–H and O–H groups in total. The van der Waals surface area contributed by atoms with Gasteiger partial charge in [-0.05, 0) is 36.4 Å². The largest absolute Gasteiger partial charge is 0.505 e. The number of pyridine rings is 1. The van der Waals surface area contributed by atoms with Gasteiger partial charge in [-0.2, -0.15) is 5.26 Å². The molecule has 2 rings (SSSR count). The van der Waals surface area contributed by atoms with Gasteiger partial charge in [-0.15, -0.1) is 0 Å². The summed E-state index contributed by atoms with van der Waals surface area (Å²) in [7, 11) is 0. The van der Waals surface area contributed by atoms with Gasteiger partial charge in [-0.3, -0.25) is 0 Å². The van der Waals surface area contributed by atoms with Gasteiger partial charge in [0.05, 0.1) is 5.69 Å². The highest BCUT2D eigenvalue weighted by Crippen LogP contribution is 2.21. The van der Waals surface area contributed by atoms with Gasteiger partial charge in [0.2, 0.25) is 0 Å². The fraction of sp³-hybridized carbons (Fsp3) is 0. The molecular formula is C12H7FN2O. The van der Waals surface area contributed by atoms with Crippen LogP contribution in [-0.2, 0) is 0 Å². The molecule has 3 nitrogen and oxygen atoms in total. The first-order chi connectivity index (χ1) is 7.70. The van der Waals surface area contributed by atoms with E-state index in [1.54, 1.807) is 24.3 Å². The maximum Gasteiger partial charge on any atom is 0.182 e. The van der Waals surface area contributed by atoms with E-state index in [1.165, 1.54) is 18.2 Å². The molecule has 4 heteroatoms. The normalized spacial score (nSPS) is 9.75. The highest BCUT2D eigenvalue weighted by Gasteiger charge is 2.05. The Balaban J connectivity index is 2.49. The van der Waals surface area contributed by atoms with E-state index >= 15 is 0 Å². The molecule has 0 atom stereocenters. The monoisotopic (exact) mass is 214 g/mol. The topological polar surface area (TPSA) is 56.9 Å². The highest BCUT2D eigenvalue weighted by molar-refractivity contribution is 5.60. The van der Waals surface area contributed by atoms with Gasteiger partial charge in [0.1, 0.15) is 11.9 Å². The Bertz CT molecular complexity index is 558. The van der Waals surface area contributed by atoms with Crippen molar-refractivity contribution < 1.29 is 9.50 Å². The second-order valence-corrected chi connectivity index (χ2v) is 3.18. The summed E-state index contributed by atoms with van der Waals surface area (Å²) in [6.45, 7) is 0. The van der Waals surface area contributed by atoms with Crippen LogP contribution in [0.1, 0.15) is 5.69 Å². The molecule has 78 valence electrons. The molecule has 1 aromatic carbocycles. The van der Waals surface area contributed by atoms with Crippen molar-refractivity contribution >= 4 is 0 Å². The average Bonchev–Trinajstić information content (AvgIpc) is 2.31. The average molecular weight is 214 g/mol. The second kappa shape index (κ2) is 3.99. The summed E-state index contributed by atoms with van der Waals surface area (Å²) in [4.78, 5) is 3.96. The number of nitriles is 1. The molecular weight excluding hydrogens is 207 g/mol. The van der Waals surface area contributed by atoms with Crippen LogP contribution in [0.5, 0.6) is 5.75 Å². The number of aromatic nitrogens is 1. The quantitative estimate of drug-likeness (QED) is 0.793. The first-order valence-corrected chi connectivity index (χ1v) is 4.57. The summed E-state index contributed by atoms with van der Waals surface area (Å²) in [5, 5.41) is 18.0. The van der Waals surface area contributed by atoms with Gasteiger partial charge < -0.3 is 5.11 Å². The molecule has 16 heavy (non-hydrogen) atoms. The van der Waals surface area contributed by atoms with Crippen molar-refractivity contribution in [3.63, 3.8) is 0 Å². The zero-order valence-electron chi connectivity index (χ0n) is 8.18. The van der Waals surface area contributed by atoms with Crippen molar-refractivity contribution in [2.45, 2.75) is 0 Å². The van der Waals surface area contributed by atoms with E-state index in [4.69, 9.17) is 5.26 Å². The number of rotatable bonds is 1. The minimum absolute atomic E-state index is 0.0400. The number of hydrogen-bond donors (Lipinski definition) is 1. The summed E-state index contributed by atoms with van der Waals surface area (Å²) in [6.07, 6.45) is 0. The van der Waals surface area contributed by atoms with Crippen LogP contribution in [0.25, 0.3) is 11.3 Å². The lowest BCUT2D eigenvalue weighted by molar-refractivity contribution is 0.470. The predicted octanol–water partition coefficient (Wildman–Crippen LogP) is 2.46. The van der Waals surface area contributed by atoms with E-state index in [1.807, 2.05) is 0 Å². The Morgan fingerprint density at radius 2 is 1.81 bits per heavy atom. The van der Waals surface area contributed by atoms with Crippen molar-refractivity contribution in [3.8, 4) is 23.1 Å². The number of hydrogen-bond acceptors (Lipinski definition) is 3. The summed E-state index contributed by atoms with van der Waals surface area (Å²) < 4.78 is 12.7. The van der Waals surface area contributed by atoms with Gasteiger partial charge in [0, 0.05) is 5.56 Å². The van der Waals surface area contributed by atoms with Gasteiger partial charge in [0.15, 0.2) is 11.4 Å². The van der Waals surface area contributed by atoms with Gasteiger partial charge in [0.25, 0.3) is 0 Å². The van der Waals surface area contributed by atoms with Gasteiger partial charge >= 0.3 is 0 Å². The lowest BCUT2D eigenvalue weighted by atomic mass is 10.1. The van der Waals surface area contributed by atoms with E-state index in [9.17, 15) is 9.50 Å². The van der Waals surface area contributed by atoms with Gasteiger partial charge in [-0.1, -0.05) is 0 Å². The van der Waals surface area contributed by atoms with E-state index in [-0.39, 0.29) is 17.3 Å². The summed E-state index contributed by atoms with van der Waals surface area (Å²) >= 11 is 0. The van der Waals surface area contributed by atoms with E-state index in [0.29, 0.717) is 11.3 Å². The summed E-state index contributed by atoms with van der Waals surface area (Å²) in [6, 6.07) is 10.5. The van der Waals surface area contributed by atoms with Crippen molar-refractivity contribution in [2.24, 2.45) is 0 Å². The Kier molecular flexibility index (Phi) is 2.52. The van der Waals surface area contributed by atoms with Gasteiger partial charge in [-0.25, -0.2) is 9.37 Å². The lowest BCUT2D eigenvalue weighted by Gasteiger charge is -2.02. The Morgan fingerprint density at radius 1 is 1.12 bits per heavy atom. The first-order valence-electron chi connectivity index (χ1n) is 4.57. The molecule has 0 amide bonds. The third-order valence-electron chi connectivity index (χ3n) is 2.12. The van der Waals surface area contributed by atoms with Crippen LogP contribution in [0, 0.1) is 17.1 Å². The van der Waals surface area contributed by atoms with Crippen molar-refractivity contribution in [3.05, 3.63) is 47.9 Å². The van der Waals surface area contributed by atoms with E-state index < -0.39 is 0 Å². The summed E-state index contributed by atoms with van der Waals surface area (Å²) in [5.41, 5.74) is 1.18. The molecule has 0 saturated heterocycles. The predicted molar refractivity (Wildman–Crippen MR) is 56.0 cm³/mol. The second-order valence-electron chi connectivity index (χ2n) is 3.18. The molecule has 0 aliphatic carbocycles. The molecule has 0 aliphatic heterocycles. The fourth-order valence-electron chi connectivity index (χ4n) is 1.32. The minimum Gasteiger partial charge on any atom is -0.505 e. The van der Waals surface area contributed by atoms with Crippen LogP contribution >= 0.6 is 0 Å². The standard InChI is InChI=1S/C12H7FN2O/c13-9-3-1-8(2-4-9)10-5-6-12(16)11(7-14)15-10/h1-6,16H. The first kappa shape index (κ1) is 10.1. The molecule has 0 bridgehead atoms. The summed E-state index contributed by atoms with van der Waals surface area (Å²) in [5.74, 6) is -0.489. The minimum atomic E-state index is -0.331. The maximum absolute atomic E-state index is 12.7. The zero-order chi connectivity index (χ0) is 11.5. The Morgan fingerprint density at radius 3 is 2.44 bits per heavy atom. The third kappa shape index (κ3) is 1.84. The molecule has 0 saturated carbocycles. The zero-order valence-corrected chi connectivity index (χ0v) is 8.18. The van der Waals surface area contributed by atoms with Crippen LogP contribution < -0.4 is 0 Å². The molecule has 0 spiro atoms. The van der Waals surface area contributed by atoms with Crippen LogP contribution in [0.15, 0.2) is 36.4 Å². The molecule has 0 fully saturated rings. The molecule has 0 unspecified atom stereocenters. The molecule has 1 heterocycles. The van der Waals surface area contributed by atoms with Crippen LogP contribution in [0.2, 0.25) is 0 Å². The number of halogens is 1. The smallest absolute Gasteiger partial charge is 0.182 e. The third-order valence-corrected chi connectivity index (χ3v) is 2.12. The molecule has 2 aromatic rings. The molecule has 1 aromatic heterocycles. The SMILES string of the molecule is N#Cc1nc(-c2ccc(F)cc2)ccc1O. The fourth-order valence-corrected chi connectivity index (χ4v) is 1.32. The van der Waals surface area contributed by atoms with Crippen molar-refractivity contribution in [1.29, 1.82) is 5.26 Å². The highest BCUT2D eigenvalue weighted by atomic mass is 19.1. The van der Waals surface area contributed by atoms with Crippen molar-refractivity contribution in [2.75, 3.05) is 0 Å². The Hall–Kier alpha value is -2.41. The number of benzene rings is 1. The van der Waals surface area contributed by atoms with Crippen molar-refractivity contribution in [1.82, 2.24) is 4.98 Å². The van der Waals surface area contributed by atoms with E-state index in [0.717, 1.165) is 0 Å². The molecule has 0 aliphatic rings. The van der Waals surface area contributed by atoms with E-state index in [2.05, 4.69) is 4.98 Å². The lowest BCUT2D eigenvalue weighted by Crippen LogP contribution is -1.88. The maximum atomic E-state index is 12.7. The van der Waals surface area contributed by atoms with Crippen LogP contribution in [0.3, 0.4) is 0 Å². The van der Waals surface area contributed by atoms with Crippen LogP contribution in [0.4, 0.5) is 4.39 Å². The molecule has 0 radical (unpaired) electrons.